The summed E-state index contributed by atoms with van der Waals surface area (Å²) in [4.78, 5) is 29.2. The molecule has 0 aliphatic carbocycles. The van der Waals surface area contributed by atoms with Crippen LogP contribution >= 0.6 is 11.8 Å². The number of benzene rings is 2. The van der Waals surface area contributed by atoms with Crippen molar-refractivity contribution in [3.63, 3.8) is 0 Å². The minimum Gasteiger partial charge on any atom is -0.339 e. The fraction of sp³-hybridized carbons (Fsp3) is 0.375. The molecular formula is C24H29N7O2S. The number of aryl methyl sites for hydroxylation is 3. The fourth-order valence-corrected chi connectivity index (χ4v) is 4.68. The molecule has 178 valence electrons. The number of carbonyl (C=O) groups excluding carboxylic acids is 2. The molecule has 0 atom stereocenters. The van der Waals surface area contributed by atoms with E-state index >= 15 is 0 Å². The number of amides is 2. The number of piperazine rings is 1. The minimum absolute atomic E-state index is 0.0318. The van der Waals surface area contributed by atoms with Crippen molar-refractivity contribution in [2.24, 2.45) is 0 Å². The van der Waals surface area contributed by atoms with Gasteiger partial charge in [-0.3, -0.25) is 14.5 Å². The van der Waals surface area contributed by atoms with E-state index in [4.69, 9.17) is 0 Å². The van der Waals surface area contributed by atoms with Crippen LogP contribution in [0.1, 0.15) is 16.7 Å². The first-order valence-electron chi connectivity index (χ1n) is 11.2. The topological polar surface area (TPSA) is 96.2 Å². The Kier molecular flexibility index (Phi) is 7.59. The molecule has 0 radical (unpaired) electrons. The molecule has 0 saturated carbocycles. The predicted octanol–water partition coefficient (Wildman–Crippen LogP) is 2.46. The van der Waals surface area contributed by atoms with Gasteiger partial charge in [-0.25, -0.2) is 0 Å². The number of thioether (sulfide) groups is 1. The number of hydrogen-bond acceptors (Lipinski definition) is 7. The third-order valence-electron chi connectivity index (χ3n) is 5.88. The highest BCUT2D eigenvalue weighted by Crippen LogP contribution is 2.20. The Balaban J connectivity index is 1.24. The molecule has 2 amide bonds. The molecule has 1 fully saturated rings. The number of anilines is 1. The van der Waals surface area contributed by atoms with Gasteiger partial charge in [0.1, 0.15) is 0 Å². The first kappa shape index (κ1) is 23.9. The van der Waals surface area contributed by atoms with E-state index in [0.29, 0.717) is 37.9 Å². The summed E-state index contributed by atoms with van der Waals surface area (Å²) >= 11 is 1.33. The third-order valence-corrected chi connectivity index (χ3v) is 6.79. The van der Waals surface area contributed by atoms with Crippen LogP contribution in [-0.2, 0) is 9.59 Å². The van der Waals surface area contributed by atoms with Crippen molar-refractivity contribution >= 4 is 29.3 Å². The van der Waals surface area contributed by atoms with Gasteiger partial charge < -0.3 is 10.2 Å². The molecule has 0 spiro atoms. The van der Waals surface area contributed by atoms with Crippen LogP contribution in [-0.4, -0.2) is 80.3 Å². The van der Waals surface area contributed by atoms with E-state index in [9.17, 15) is 9.59 Å². The van der Waals surface area contributed by atoms with Gasteiger partial charge in [0.05, 0.1) is 18.0 Å². The van der Waals surface area contributed by atoms with E-state index in [0.717, 1.165) is 28.1 Å². The van der Waals surface area contributed by atoms with Gasteiger partial charge in [-0.05, 0) is 54.5 Å². The van der Waals surface area contributed by atoms with E-state index in [1.807, 2.05) is 68.1 Å². The third kappa shape index (κ3) is 5.81. The summed E-state index contributed by atoms with van der Waals surface area (Å²) in [5.41, 5.74) is 5.00. The first-order valence-corrected chi connectivity index (χ1v) is 12.2. The average Bonchev–Trinajstić information content (AvgIpc) is 3.29. The molecule has 1 aliphatic heterocycles. The second-order valence-corrected chi connectivity index (χ2v) is 9.41. The molecule has 10 heteroatoms. The van der Waals surface area contributed by atoms with Crippen molar-refractivity contribution < 1.29 is 9.59 Å². The number of nitrogens with zero attached hydrogens (tertiary/aromatic N) is 6. The highest BCUT2D eigenvalue weighted by Gasteiger charge is 2.23. The van der Waals surface area contributed by atoms with Gasteiger partial charge in [-0.15, -0.1) is 5.10 Å². The summed E-state index contributed by atoms with van der Waals surface area (Å²) in [6.45, 7) is 8.84. The van der Waals surface area contributed by atoms with Gasteiger partial charge in [0, 0.05) is 31.9 Å². The highest BCUT2D eigenvalue weighted by atomic mass is 32.2. The van der Waals surface area contributed by atoms with Crippen LogP contribution in [0.5, 0.6) is 0 Å². The maximum Gasteiger partial charge on any atom is 0.238 e. The molecule has 34 heavy (non-hydrogen) atoms. The quantitative estimate of drug-likeness (QED) is 0.520. The lowest BCUT2D eigenvalue weighted by Gasteiger charge is -2.34. The molecule has 1 saturated heterocycles. The van der Waals surface area contributed by atoms with Crippen LogP contribution in [0, 0.1) is 20.8 Å². The van der Waals surface area contributed by atoms with Crippen LogP contribution in [0.15, 0.2) is 47.6 Å². The maximum absolute atomic E-state index is 12.8. The largest absolute Gasteiger partial charge is 0.339 e. The zero-order valence-corrected chi connectivity index (χ0v) is 20.5. The standard InChI is InChI=1S/C24H29N7O2S/c1-17-7-9-20(10-8-17)31-24(26-27-28-31)34-16-22(33)30-13-11-29(12-14-30)15-21(32)25-23-18(2)5-4-6-19(23)3/h4-10H,11-16H2,1-3H3,(H,25,32). The Morgan fingerprint density at radius 3 is 2.32 bits per heavy atom. The van der Waals surface area contributed by atoms with E-state index in [-0.39, 0.29) is 17.6 Å². The van der Waals surface area contributed by atoms with Gasteiger partial charge in [0.2, 0.25) is 17.0 Å². The molecule has 2 heterocycles. The van der Waals surface area contributed by atoms with Gasteiger partial charge in [0.25, 0.3) is 0 Å². The van der Waals surface area contributed by atoms with Crippen molar-refractivity contribution in [3.05, 3.63) is 59.2 Å². The van der Waals surface area contributed by atoms with Crippen LogP contribution in [0.3, 0.4) is 0 Å². The van der Waals surface area contributed by atoms with E-state index in [1.165, 1.54) is 11.8 Å². The zero-order chi connectivity index (χ0) is 24.1. The number of carbonyl (C=O) groups is 2. The monoisotopic (exact) mass is 479 g/mol. The summed E-state index contributed by atoms with van der Waals surface area (Å²) in [7, 11) is 0. The molecule has 4 rings (SSSR count). The van der Waals surface area contributed by atoms with Crippen LogP contribution in [0.2, 0.25) is 0 Å². The molecular weight excluding hydrogens is 450 g/mol. The lowest BCUT2D eigenvalue weighted by atomic mass is 10.1. The minimum atomic E-state index is -0.0318. The van der Waals surface area contributed by atoms with Crippen molar-refractivity contribution in [1.82, 2.24) is 30.0 Å². The van der Waals surface area contributed by atoms with Gasteiger partial charge in [0.15, 0.2) is 0 Å². The molecule has 0 unspecified atom stereocenters. The molecule has 9 nitrogen and oxygen atoms in total. The Labute approximate surface area is 203 Å². The van der Waals surface area contributed by atoms with Gasteiger partial charge in [-0.2, -0.15) is 4.68 Å². The van der Waals surface area contributed by atoms with E-state index in [2.05, 4.69) is 25.7 Å². The maximum atomic E-state index is 12.8. The molecule has 1 aliphatic rings. The zero-order valence-electron chi connectivity index (χ0n) is 19.7. The Morgan fingerprint density at radius 2 is 1.65 bits per heavy atom. The fourth-order valence-electron chi connectivity index (χ4n) is 3.88. The highest BCUT2D eigenvalue weighted by molar-refractivity contribution is 7.99. The average molecular weight is 480 g/mol. The Morgan fingerprint density at radius 1 is 0.971 bits per heavy atom. The van der Waals surface area contributed by atoms with E-state index < -0.39 is 0 Å². The van der Waals surface area contributed by atoms with Crippen LogP contribution in [0.25, 0.3) is 5.69 Å². The van der Waals surface area contributed by atoms with Crippen molar-refractivity contribution in [1.29, 1.82) is 0 Å². The Bertz CT molecular complexity index is 1130. The summed E-state index contributed by atoms with van der Waals surface area (Å²) in [6, 6.07) is 13.9. The SMILES string of the molecule is Cc1ccc(-n2nnnc2SCC(=O)N2CCN(CC(=O)Nc3c(C)cccc3C)CC2)cc1. The molecule has 1 N–H and O–H groups in total. The molecule has 2 aromatic carbocycles. The number of nitrogens with one attached hydrogen (secondary N) is 1. The second-order valence-electron chi connectivity index (χ2n) is 8.47. The summed E-state index contributed by atoms with van der Waals surface area (Å²) < 4.78 is 1.64. The lowest BCUT2D eigenvalue weighted by molar-refractivity contribution is -0.130. The smallest absolute Gasteiger partial charge is 0.238 e. The number of tetrazole rings is 1. The van der Waals surface area contributed by atoms with E-state index in [1.54, 1.807) is 4.68 Å². The normalized spacial score (nSPS) is 14.3. The van der Waals surface area contributed by atoms with Gasteiger partial charge >= 0.3 is 0 Å². The van der Waals surface area contributed by atoms with Crippen LogP contribution < -0.4 is 5.32 Å². The second kappa shape index (κ2) is 10.8. The van der Waals surface area contributed by atoms with Crippen molar-refractivity contribution in [2.75, 3.05) is 43.8 Å². The Hall–Kier alpha value is -3.24. The predicted molar refractivity (Wildman–Crippen MR) is 132 cm³/mol. The number of para-hydroxylation sites is 1. The first-order chi connectivity index (χ1) is 16.4. The number of aromatic nitrogens is 4. The molecule has 3 aromatic rings. The summed E-state index contributed by atoms with van der Waals surface area (Å²) in [5, 5.41) is 15.5. The lowest BCUT2D eigenvalue weighted by Crippen LogP contribution is -2.51. The van der Waals surface area contributed by atoms with Gasteiger partial charge in [-0.1, -0.05) is 47.7 Å². The summed E-state index contributed by atoms with van der Waals surface area (Å²) in [5.74, 6) is 0.276. The van der Waals surface area contributed by atoms with Crippen molar-refractivity contribution in [3.8, 4) is 5.69 Å². The summed E-state index contributed by atoms with van der Waals surface area (Å²) in [6.07, 6.45) is 0. The van der Waals surface area contributed by atoms with Crippen LogP contribution in [0.4, 0.5) is 5.69 Å². The number of hydrogen-bond donors (Lipinski definition) is 1. The van der Waals surface area contributed by atoms with Crippen molar-refractivity contribution in [2.45, 2.75) is 25.9 Å². The number of rotatable bonds is 7. The molecule has 1 aromatic heterocycles. The molecule has 0 bridgehead atoms.